The standard InChI is InChI=1S/C9H13F3N3O2/c1-4-6-13-7(9(10,11)12)14(3)15(6)8(16)17-5-2/h4-5H2,1-3H3/q+1. The fourth-order valence-corrected chi connectivity index (χ4v) is 1.40. The van der Waals surface area contributed by atoms with Crippen LogP contribution in [0.3, 0.4) is 0 Å². The molecule has 0 aliphatic carbocycles. The van der Waals surface area contributed by atoms with E-state index < -0.39 is 18.1 Å². The smallest absolute Gasteiger partial charge is 0.447 e. The van der Waals surface area contributed by atoms with Crippen LogP contribution in [-0.4, -0.2) is 22.4 Å². The molecule has 96 valence electrons. The van der Waals surface area contributed by atoms with Crippen molar-refractivity contribution in [2.24, 2.45) is 7.05 Å². The lowest BCUT2D eigenvalue weighted by molar-refractivity contribution is -0.760. The van der Waals surface area contributed by atoms with Crippen molar-refractivity contribution in [2.75, 3.05) is 6.61 Å². The molecule has 0 radical (unpaired) electrons. The molecule has 0 spiro atoms. The Morgan fingerprint density at radius 2 is 2.06 bits per heavy atom. The Morgan fingerprint density at radius 1 is 1.47 bits per heavy atom. The van der Waals surface area contributed by atoms with Crippen LogP contribution in [0.2, 0.25) is 0 Å². The van der Waals surface area contributed by atoms with Gasteiger partial charge in [-0.05, 0) is 11.9 Å². The molecule has 1 rings (SSSR count). The minimum atomic E-state index is -4.60. The summed E-state index contributed by atoms with van der Waals surface area (Å²) in [6, 6.07) is 0. The predicted molar refractivity (Wildman–Crippen MR) is 50.2 cm³/mol. The molecular weight excluding hydrogens is 239 g/mol. The second-order valence-electron chi connectivity index (χ2n) is 3.24. The summed E-state index contributed by atoms with van der Waals surface area (Å²) >= 11 is 0. The monoisotopic (exact) mass is 252 g/mol. The maximum absolute atomic E-state index is 12.6. The molecule has 8 heteroatoms. The van der Waals surface area contributed by atoms with Gasteiger partial charge in [0.25, 0.3) is 5.82 Å². The number of aromatic nitrogens is 3. The molecule has 0 fully saturated rings. The van der Waals surface area contributed by atoms with Gasteiger partial charge in [-0.1, -0.05) is 11.6 Å². The molecule has 0 amide bonds. The van der Waals surface area contributed by atoms with E-state index in [4.69, 9.17) is 0 Å². The molecule has 0 aliphatic heterocycles. The zero-order chi connectivity index (χ0) is 13.2. The van der Waals surface area contributed by atoms with Gasteiger partial charge < -0.3 is 4.74 Å². The molecule has 0 saturated heterocycles. The molecule has 1 aromatic heterocycles. The SMILES string of the molecule is CCOC(=O)n1c(CC)nc(C(F)(F)F)[n+]1C. The maximum Gasteiger partial charge on any atom is 0.501 e. The molecule has 17 heavy (non-hydrogen) atoms. The zero-order valence-corrected chi connectivity index (χ0v) is 9.71. The van der Waals surface area contributed by atoms with Crippen molar-refractivity contribution in [3.8, 4) is 0 Å². The normalized spacial score (nSPS) is 11.6. The van der Waals surface area contributed by atoms with Crippen molar-refractivity contribution in [2.45, 2.75) is 26.4 Å². The average molecular weight is 252 g/mol. The Morgan fingerprint density at radius 3 is 2.47 bits per heavy atom. The molecule has 0 aromatic carbocycles. The van der Waals surface area contributed by atoms with Crippen molar-refractivity contribution in [3.05, 3.63) is 11.6 Å². The molecule has 0 unspecified atom stereocenters. The van der Waals surface area contributed by atoms with E-state index in [-0.39, 0.29) is 18.9 Å². The van der Waals surface area contributed by atoms with Crippen molar-refractivity contribution >= 4 is 6.09 Å². The van der Waals surface area contributed by atoms with Gasteiger partial charge in [0.05, 0.1) is 6.61 Å². The van der Waals surface area contributed by atoms with Crippen molar-refractivity contribution in [1.29, 1.82) is 0 Å². The third-order valence-corrected chi connectivity index (χ3v) is 2.10. The fourth-order valence-electron chi connectivity index (χ4n) is 1.40. The highest BCUT2D eigenvalue weighted by atomic mass is 19.4. The van der Waals surface area contributed by atoms with Crippen LogP contribution in [0.1, 0.15) is 25.5 Å². The van der Waals surface area contributed by atoms with Crippen LogP contribution < -0.4 is 4.68 Å². The second kappa shape index (κ2) is 4.72. The Bertz CT molecular complexity index is 426. The lowest BCUT2D eigenvalue weighted by Crippen LogP contribution is -2.48. The van der Waals surface area contributed by atoms with Crippen molar-refractivity contribution in [3.63, 3.8) is 0 Å². The van der Waals surface area contributed by atoms with Gasteiger partial charge in [0, 0.05) is 6.42 Å². The highest BCUT2D eigenvalue weighted by molar-refractivity contribution is 5.68. The van der Waals surface area contributed by atoms with E-state index in [1.807, 2.05) is 0 Å². The number of hydrogen-bond donors (Lipinski definition) is 0. The highest BCUT2D eigenvalue weighted by Crippen LogP contribution is 2.25. The van der Waals surface area contributed by atoms with Gasteiger partial charge in [0.2, 0.25) is 0 Å². The Balaban J connectivity index is 3.30. The van der Waals surface area contributed by atoms with Gasteiger partial charge in [-0.3, -0.25) is 0 Å². The first-order valence-electron chi connectivity index (χ1n) is 5.05. The molecule has 1 heterocycles. The third kappa shape index (κ3) is 2.56. The second-order valence-corrected chi connectivity index (χ2v) is 3.24. The maximum atomic E-state index is 12.6. The fraction of sp³-hybridized carbons (Fsp3) is 0.667. The van der Waals surface area contributed by atoms with Gasteiger partial charge in [-0.15, -0.1) is 4.68 Å². The first-order chi connectivity index (χ1) is 7.82. The number of carbonyl (C=O) groups is 1. The summed E-state index contributed by atoms with van der Waals surface area (Å²) in [5, 5.41) is 0. The molecular formula is C9H13F3N3O2+. The van der Waals surface area contributed by atoms with E-state index in [0.29, 0.717) is 4.68 Å². The van der Waals surface area contributed by atoms with Crippen LogP contribution in [0.4, 0.5) is 18.0 Å². The van der Waals surface area contributed by atoms with Gasteiger partial charge in [0.15, 0.2) is 0 Å². The van der Waals surface area contributed by atoms with Crippen LogP contribution >= 0.6 is 0 Å². The Hall–Kier alpha value is -1.60. The van der Waals surface area contributed by atoms with Crippen LogP contribution in [0.25, 0.3) is 0 Å². The number of rotatable bonds is 2. The van der Waals surface area contributed by atoms with Gasteiger partial charge >= 0.3 is 18.1 Å². The number of ether oxygens (including phenoxy) is 1. The number of nitrogens with zero attached hydrogens (tertiary/aromatic N) is 3. The number of aryl methyl sites for hydroxylation is 1. The van der Waals surface area contributed by atoms with Crippen LogP contribution in [0.15, 0.2) is 0 Å². The first-order valence-corrected chi connectivity index (χ1v) is 5.05. The number of hydrogen-bond acceptors (Lipinski definition) is 3. The molecule has 5 nitrogen and oxygen atoms in total. The summed E-state index contributed by atoms with van der Waals surface area (Å²) in [5.41, 5.74) is 0. The predicted octanol–water partition coefficient (Wildman–Crippen LogP) is 1.29. The molecule has 0 saturated carbocycles. The molecule has 0 atom stereocenters. The zero-order valence-electron chi connectivity index (χ0n) is 9.71. The Labute approximate surface area is 95.8 Å². The lowest BCUT2D eigenvalue weighted by Gasteiger charge is -2.03. The molecule has 0 aliphatic rings. The van der Waals surface area contributed by atoms with Crippen LogP contribution in [0.5, 0.6) is 0 Å². The van der Waals surface area contributed by atoms with Gasteiger partial charge in [0.1, 0.15) is 7.05 Å². The number of alkyl halides is 3. The van der Waals surface area contributed by atoms with E-state index in [2.05, 4.69) is 9.72 Å². The van der Waals surface area contributed by atoms with Gasteiger partial charge in [-0.2, -0.15) is 13.2 Å². The quantitative estimate of drug-likeness (QED) is 0.745. The van der Waals surface area contributed by atoms with E-state index in [1.165, 1.54) is 0 Å². The molecule has 0 bridgehead atoms. The Kier molecular flexibility index (Phi) is 3.74. The van der Waals surface area contributed by atoms with E-state index in [1.54, 1.807) is 13.8 Å². The minimum Gasteiger partial charge on any atom is -0.447 e. The third-order valence-electron chi connectivity index (χ3n) is 2.10. The molecule has 1 aromatic rings. The highest BCUT2D eigenvalue weighted by Gasteiger charge is 2.47. The van der Waals surface area contributed by atoms with Crippen LogP contribution in [-0.2, 0) is 24.4 Å². The molecule has 0 N–H and O–H groups in total. The topological polar surface area (TPSA) is 48.0 Å². The summed E-state index contributed by atoms with van der Waals surface area (Å²) in [5.74, 6) is -1.11. The van der Waals surface area contributed by atoms with Crippen LogP contribution in [0, 0.1) is 0 Å². The number of carbonyl (C=O) groups excluding carboxylic acids is 1. The average Bonchev–Trinajstić information content (AvgIpc) is 2.55. The first kappa shape index (κ1) is 13.5. The largest absolute Gasteiger partial charge is 0.501 e. The summed E-state index contributed by atoms with van der Waals surface area (Å²) in [7, 11) is 1.12. The summed E-state index contributed by atoms with van der Waals surface area (Å²) in [6.07, 6.45) is -5.27. The van der Waals surface area contributed by atoms with Gasteiger partial charge in [-0.25, -0.2) is 4.79 Å². The van der Waals surface area contributed by atoms with E-state index >= 15 is 0 Å². The summed E-state index contributed by atoms with van der Waals surface area (Å²) in [6.45, 7) is 3.27. The summed E-state index contributed by atoms with van der Waals surface area (Å²) < 4.78 is 43.8. The summed E-state index contributed by atoms with van der Waals surface area (Å²) in [4.78, 5) is 14.9. The van der Waals surface area contributed by atoms with Crippen molar-refractivity contribution < 1.29 is 27.4 Å². The lowest BCUT2D eigenvalue weighted by atomic mass is 10.4. The van der Waals surface area contributed by atoms with E-state index in [0.717, 1.165) is 11.7 Å². The van der Waals surface area contributed by atoms with Crippen molar-refractivity contribution in [1.82, 2.24) is 9.67 Å². The minimum absolute atomic E-state index is 0.0123. The number of halogens is 3. The van der Waals surface area contributed by atoms with E-state index in [9.17, 15) is 18.0 Å².